The number of thioether (sulfide) groups is 1. The van der Waals surface area contributed by atoms with Crippen molar-refractivity contribution in [3.8, 4) is 28.3 Å². The number of hydrogen-bond acceptors (Lipinski definition) is 9. The summed E-state index contributed by atoms with van der Waals surface area (Å²) in [5, 5.41) is 28.5. The average Bonchev–Trinajstić information content (AvgIpc) is 3.75. The lowest BCUT2D eigenvalue weighted by Crippen LogP contribution is -2.31. The van der Waals surface area contributed by atoms with Gasteiger partial charge in [0.2, 0.25) is 5.16 Å². The summed E-state index contributed by atoms with van der Waals surface area (Å²) >= 11 is 1.54. The molecule has 7 aromatic rings. The van der Waals surface area contributed by atoms with Crippen molar-refractivity contribution in [2.45, 2.75) is 43.2 Å². The molecule has 1 aliphatic rings. The molecule has 0 bridgehead atoms. The normalized spacial score (nSPS) is 16.5. The van der Waals surface area contributed by atoms with Crippen molar-refractivity contribution in [1.29, 1.82) is 0 Å². The number of benzene rings is 6. The second kappa shape index (κ2) is 18.1. The summed E-state index contributed by atoms with van der Waals surface area (Å²) in [6, 6.07) is 50.4. The topological polar surface area (TPSA) is 133 Å². The summed E-state index contributed by atoms with van der Waals surface area (Å²) in [5.74, 6) is 2.05. The smallest absolute Gasteiger partial charge is 0.319 e. The quantitative estimate of drug-likeness (QED) is 0.0981. The predicted molar refractivity (Wildman–Crippen MR) is 219 cm³/mol. The highest BCUT2D eigenvalue weighted by molar-refractivity contribution is 7.99. The van der Waals surface area contributed by atoms with E-state index >= 15 is 0 Å². The molecule has 8 rings (SSSR count). The first kappa shape index (κ1) is 37.6. The highest BCUT2D eigenvalue weighted by Gasteiger charge is 2.32. The van der Waals surface area contributed by atoms with Crippen LogP contribution in [0.2, 0.25) is 0 Å². The van der Waals surface area contributed by atoms with Crippen LogP contribution >= 0.6 is 11.8 Å². The molecule has 286 valence electrons. The second-order valence-corrected chi connectivity index (χ2v) is 14.4. The minimum atomic E-state index is -0.604. The molecule has 6 aromatic carbocycles. The monoisotopic (exact) mass is 776 g/mol. The number of para-hydroxylation sites is 2. The zero-order chi connectivity index (χ0) is 38.8. The van der Waals surface area contributed by atoms with Gasteiger partial charge in [-0.2, -0.15) is 4.68 Å². The Kier molecular flexibility index (Phi) is 11.9. The van der Waals surface area contributed by atoms with Crippen LogP contribution in [0.5, 0.6) is 11.5 Å². The molecule has 1 aliphatic heterocycles. The first-order chi connectivity index (χ1) is 28.1. The number of rotatable bonds is 13. The van der Waals surface area contributed by atoms with Gasteiger partial charge >= 0.3 is 6.03 Å². The lowest BCUT2D eigenvalue weighted by Gasteiger charge is -2.36. The molecule has 57 heavy (non-hydrogen) atoms. The molecule has 12 heteroatoms. The van der Waals surface area contributed by atoms with E-state index in [0.717, 1.165) is 44.8 Å². The highest BCUT2D eigenvalue weighted by atomic mass is 32.2. The number of carbonyl (C=O) groups excluding carboxylic acids is 1. The number of tetrazole rings is 1. The number of amides is 2. The number of anilines is 1. The van der Waals surface area contributed by atoms with Gasteiger partial charge < -0.3 is 30.0 Å². The number of aliphatic hydroxyl groups excluding tert-OH is 1. The van der Waals surface area contributed by atoms with Crippen LogP contribution in [0.1, 0.15) is 41.1 Å². The van der Waals surface area contributed by atoms with Crippen LogP contribution < -0.4 is 15.4 Å². The van der Waals surface area contributed by atoms with Crippen molar-refractivity contribution < 1.29 is 24.1 Å². The zero-order valence-electron chi connectivity index (χ0n) is 30.8. The first-order valence-corrected chi connectivity index (χ1v) is 19.6. The molecular formula is C45H40N6O5S. The maximum atomic E-state index is 12.7. The number of aromatic nitrogens is 4. The van der Waals surface area contributed by atoms with Crippen LogP contribution in [0.25, 0.3) is 16.8 Å². The Bertz CT molecular complexity index is 2360. The predicted octanol–water partition coefficient (Wildman–Crippen LogP) is 9.27. The fourth-order valence-electron chi connectivity index (χ4n) is 6.47. The van der Waals surface area contributed by atoms with Crippen molar-refractivity contribution in [2.24, 2.45) is 0 Å². The van der Waals surface area contributed by atoms with E-state index in [1.807, 2.05) is 127 Å². The fourth-order valence-corrected chi connectivity index (χ4v) is 7.38. The van der Waals surface area contributed by atoms with E-state index < -0.39 is 6.29 Å². The van der Waals surface area contributed by atoms with Gasteiger partial charge in [0.1, 0.15) is 11.5 Å². The fraction of sp³-hybridized carbons (Fsp3) is 0.156. The second-order valence-electron chi connectivity index (χ2n) is 13.4. The van der Waals surface area contributed by atoms with Crippen LogP contribution in [-0.4, -0.2) is 43.2 Å². The van der Waals surface area contributed by atoms with E-state index in [4.69, 9.17) is 14.2 Å². The van der Waals surface area contributed by atoms with E-state index in [9.17, 15) is 9.90 Å². The third kappa shape index (κ3) is 9.74. The van der Waals surface area contributed by atoms with Gasteiger partial charge in [-0.3, -0.25) is 0 Å². The standard InChI is InChI=1S/C45H40N6O5S/c52-29-31-14-16-34(17-15-31)42-27-41(30-57-45-48-49-50-51(45)38-10-3-1-4-11-38)55-43(56-42)35-20-18-33(19-21-35)36-9-7-8-32(26-36)28-46-44(53)47-37-22-24-40(25-23-37)54-39-12-5-2-6-13-39/h1-26,41-43,52H,27-30H2,(H2,46,47,53)/t41-,42+,43+/m1/s1. The minimum Gasteiger partial charge on any atom is -0.457 e. The lowest BCUT2D eigenvalue weighted by atomic mass is 9.99. The van der Waals surface area contributed by atoms with E-state index in [2.05, 4.69) is 44.4 Å². The Labute approximate surface area is 334 Å². The SMILES string of the molecule is O=C(NCc1cccc(-c2ccc([C@H]3O[C@@H](CSc4nnnn4-c4ccccc4)C[C@@H](c4ccc(CO)cc4)O3)cc2)c1)Nc1ccc(Oc2ccccc2)cc1. The number of ether oxygens (including phenoxy) is 3. The van der Waals surface area contributed by atoms with Gasteiger partial charge in [0.15, 0.2) is 6.29 Å². The molecule has 0 unspecified atom stereocenters. The van der Waals surface area contributed by atoms with Crippen LogP contribution in [0.4, 0.5) is 10.5 Å². The number of nitrogens with zero attached hydrogens (tertiary/aromatic N) is 4. The molecule has 1 aromatic heterocycles. The molecule has 3 N–H and O–H groups in total. The summed E-state index contributed by atoms with van der Waals surface area (Å²) in [7, 11) is 0. The molecule has 2 amide bonds. The Balaban J connectivity index is 0.904. The summed E-state index contributed by atoms with van der Waals surface area (Å²) in [4.78, 5) is 12.7. The van der Waals surface area contributed by atoms with Gasteiger partial charge in [-0.1, -0.05) is 115 Å². The Hall–Kier alpha value is -6.31. The molecule has 11 nitrogen and oxygen atoms in total. The van der Waals surface area contributed by atoms with E-state index in [1.165, 1.54) is 0 Å². The van der Waals surface area contributed by atoms with Crippen molar-refractivity contribution in [1.82, 2.24) is 25.5 Å². The van der Waals surface area contributed by atoms with Crippen molar-refractivity contribution >= 4 is 23.5 Å². The molecule has 1 saturated heterocycles. The summed E-state index contributed by atoms with van der Waals surface area (Å²) in [6.07, 6.45) is -0.345. The summed E-state index contributed by atoms with van der Waals surface area (Å²) < 4.78 is 20.8. The average molecular weight is 777 g/mol. The molecule has 1 fully saturated rings. The van der Waals surface area contributed by atoms with Gasteiger partial charge in [0.25, 0.3) is 0 Å². The van der Waals surface area contributed by atoms with Gasteiger partial charge in [-0.05, 0) is 92.8 Å². The molecule has 0 spiro atoms. The number of carbonyl (C=O) groups is 1. The third-order valence-electron chi connectivity index (χ3n) is 9.44. The Morgan fingerprint density at radius 1 is 0.754 bits per heavy atom. The largest absolute Gasteiger partial charge is 0.457 e. The minimum absolute atomic E-state index is 0.0182. The van der Waals surface area contributed by atoms with Crippen molar-refractivity contribution in [3.05, 3.63) is 180 Å². The molecule has 0 radical (unpaired) electrons. The number of aliphatic hydroxyl groups is 1. The van der Waals surface area contributed by atoms with Gasteiger partial charge in [0, 0.05) is 30.0 Å². The van der Waals surface area contributed by atoms with Crippen LogP contribution in [0.15, 0.2) is 163 Å². The maximum Gasteiger partial charge on any atom is 0.319 e. The van der Waals surface area contributed by atoms with Crippen molar-refractivity contribution in [3.63, 3.8) is 0 Å². The highest BCUT2D eigenvalue weighted by Crippen LogP contribution is 2.40. The number of hydrogen-bond donors (Lipinski definition) is 3. The third-order valence-corrected chi connectivity index (χ3v) is 10.5. The van der Waals surface area contributed by atoms with E-state index in [0.29, 0.717) is 35.3 Å². The van der Waals surface area contributed by atoms with Gasteiger partial charge in [-0.15, -0.1) is 5.10 Å². The van der Waals surface area contributed by atoms with E-state index in [1.54, 1.807) is 28.6 Å². The number of nitrogens with one attached hydrogen (secondary N) is 2. The molecule has 3 atom stereocenters. The Morgan fingerprint density at radius 2 is 1.47 bits per heavy atom. The molecular weight excluding hydrogens is 737 g/mol. The zero-order valence-corrected chi connectivity index (χ0v) is 31.7. The van der Waals surface area contributed by atoms with Gasteiger partial charge in [0.05, 0.1) is 24.5 Å². The van der Waals surface area contributed by atoms with Crippen molar-refractivity contribution in [2.75, 3.05) is 11.1 Å². The molecule has 0 aliphatic carbocycles. The molecule has 0 saturated carbocycles. The lowest BCUT2D eigenvalue weighted by molar-refractivity contribution is -0.245. The Morgan fingerprint density at radius 3 is 2.23 bits per heavy atom. The van der Waals surface area contributed by atoms with Crippen LogP contribution in [0, 0.1) is 0 Å². The summed E-state index contributed by atoms with van der Waals surface area (Å²) in [5.41, 5.74) is 7.32. The summed E-state index contributed by atoms with van der Waals surface area (Å²) in [6.45, 7) is 0.337. The van der Waals surface area contributed by atoms with Crippen LogP contribution in [0.3, 0.4) is 0 Å². The first-order valence-electron chi connectivity index (χ1n) is 18.6. The molecule has 2 heterocycles. The number of urea groups is 1. The van der Waals surface area contributed by atoms with Crippen LogP contribution in [-0.2, 0) is 22.6 Å². The van der Waals surface area contributed by atoms with Gasteiger partial charge in [-0.25, -0.2) is 4.79 Å². The van der Waals surface area contributed by atoms with E-state index in [-0.39, 0.29) is 24.8 Å². The maximum absolute atomic E-state index is 12.7.